The summed E-state index contributed by atoms with van der Waals surface area (Å²) < 4.78 is 23.3. The summed E-state index contributed by atoms with van der Waals surface area (Å²) in [6, 6.07) is 20.5. The van der Waals surface area contributed by atoms with E-state index in [4.69, 9.17) is 18.9 Å². The van der Waals surface area contributed by atoms with E-state index < -0.39 is 0 Å². The van der Waals surface area contributed by atoms with E-state index >= 15 is 0 Å². The molecule has 4 aromatic rings. The topological polar surface area (TPSA) is 109 Å². The molecule has 0 aliphatic heterocycles. The summed E-state index contributed by atoms with van der Waals surface area (Å²) in [4.78, 5) is 12.6. The van der Waals surface area contributed by atoms with Crippen molar-refractivity contribution in [2.45, 2.75) is 5.16 Å². The predicted octanol–water partition coefficient (Wildman–Crippen LogP) is 4.21. The Balaban J connectivity index is 1.52. The molecule has 0 saturated heterocycles. The monoisotopic (exact) mass is 533 g/mol. The van der Waals surface area contributed by atoms with Crippen LogP contribution in [0.4, 0.5) is 0 Å². The lowest BCUT2D eigenvalue weighted by Gasteiger charge is -2.12. The Bertz CT molecular complexity index is 1420. The molecule has 196 valence electrons. The minimum Gasteiger partial charge on any atom is -0.497 e. The smallest absolute Gasteiger partial charge is 0.250 e. The van der Waals surface area contributed by atoms with E-state index in [1.807, 2.05) is 53.1 Å². The molecule has 0 atom stereocenters. The van der Waals surface area contributed by atoms with Gasteiger partial charge in [-0.15, -0.1) is 10.2 Å². The first kappa shape index (κ1) is 26.6. The van der Waals surface area contributed by atoms with Crippen molar-refractivity contribution in [2.75, 3.05) is 34.2 Å². The first-order chi connectivity index (χ1) is 18.6. The highest BCUT2D eigenvalue weighted by atomic mass is 32.2. The average molecular weight is 534 g/mol. The lowest BCUT2D eigenvalue weighted by molar-refractivity contribution is -0.118. The highest BCUT2D eigenvalue weighted by Gasteiger charge is 2.18. The fourth-order valence-electron chi connectivity index (χ4n) is 3.60. The van der Waals surface area contributed by atoms with E-state index in [-0.39, 0.29) is 11.7 Å². The summed E-state index contributed by atoms with van der Waals surface area (Å²) in [7, 11) is 6.30. The van der Waals surface area contributed by atoms with Crippen molar-refractivity contribution >= 4 is 23.9 Å². The molecule has 1 amide bonds. The first-order valence-corrected chi connectivity index (χ1v) is 12.5. The number of amides is 1. The van der Waals surface area contributed by atoms with Gasteiger partial charge in [0.25, 0.3) is 5.91 Å². The minimum atomic E-state index is -0.297. The number of hydrogen-bond donors (Lipinski definition) is 1. The number of carbonyl (C=O) groups is 1. The van der Waals surface area contributed by atoms with Crippen LogP contribution in [-0.4, -0.2) is 61.1 Å². The molecule has 0 saturated carbocycles. The van der Waals surface area contributed by atoms with Gasteiger partial charge in [-0.25, -0.2) is 5.43 Å². The van der Waals surface area contributed by atoms with Crippen LogP contribution in [0, 0.1) is 0 Å². The number of rotatable bonds is 11. The Morgan fingerprint density at radius 2 is 1.66 bits per heavy atom. The number of carbonyl (C=O) groups excluding carboxylic acids is 1. The molecule has 0 fully saturated rings. The van der Waals surface area contributed by atoms with Gasteiger partial charge in [-0.2, -0.15) is 5.10 Å². The maximum Gasteiger partial charge on any atom is 0.250 e. The molecule has 3 aromatic carbocycles. The van der Waals surface area contributed by atoms with Crippen LogP contribution < -0.4 is 24.4 Å². The van der Waals surface area contributed by atoms with E-state index in [2.05, 4.69) is 20.7 Å². The summed E-state index contributed by atoms with van der Waals surface area (Å²) in [5.41, 5.74) is 4.88. The van der Waals surface area contributed by atoms with Crippen LogP contribution >= 0.6 is 11.8 Å². The Labute approximate surface area is 224 Å². The van der Waals surface area contributed by atoms with Gasteiger partial charge < -0.3 is 18.9 Å². The fraction of sp³-hybridized carbons (Fsp3) is 0.185. The summed E-state index contributed by atoms with van der Waals surface area (Å²) in [5, 5.41) is 13.4. The minimum absolute atomic E-state index is 0.0774. The first-order valence-electron chi connectivity index (χ1n) is 11.5. The average Bonchev–Trinajstić information content (AvgIpc) is 3.40. The van der Waals surface area contributed by atoms with Gasteiger partial charge in [0.2, 0.25) is 0 Å². The van der Waals surface area contributed by atoms with Gasteiger partial charge >= 0.3 is 0 Å². The van der Waals surface area contributed by atoms with Crippen molar-refractivity contribution in [3.05, 3.63) is 72.3 Å². The molecular weight excluding hydrogens is 506 g/mol. The number of nitrogens with zero attached hydrogens (tertiary/aromatic N) is 4. The molecule has 1 aromatic heterocycles. The summed E-state index contributed by atoms with van der Waals surface area (Å²) in [6.07, 6.45) is 1.52. The highest BCUT2D eigenvalue weighted by Crippen LogP contribution is 2.34. The Kier molecular flexibility index (Phi) is 8.83. The van der Waals surface area contributed by atoms with Crippen molar-refractivity contribution in [1.29, 1.82) is 0 Å². The molecule has 4 rings (SSSR count). The normalized spacial score (nSPS) is 10.8. The third-order valence-electron chi connectivity index (χ3n) is 5.46. The van der Waals surface area contributed by atoms with Gasteiger partial charge in [0, 0.05) is 22.9 Å². The zero-order chi connectivity index (χ0) is 26.9. The lowest BCUT2D eigenvalue weighted by Crippen LogP contribution is -2.20. The largest absolute Gasteiger partial charge is 0.497 e. The van der Waals surface area contributed by atoms with Gasteiger partial charge in [0.15, 0.2) is 22.5 Å². The second kappa shape index (κ2) is 12.6. The van der Waals surface area contributed by atoms with Crippen molar-refractivity contribution in [3.8, 4) is 40.1 Å². The molecule has 11 heteroatoms. The third kappa shape index (κ3) is 6.06. The number of ether oxygens (including phenoxy) is 4. The molecule has 0 spiro atoms. The van der Waals surface area contributed by atoms with E-state index in [0.29, 0.717) is 39.5 Å². The van der Waals surface area contributed by atoms with Crippen LogP contribution in [0.2, 0.25) is 0 Å². The standard InChI is InChI=1S/C27H27N5O5S/c1-34-21-12-10-19(23(15-21)36-3)16-28-29-25(33)17-38-27-31-30-26(32(27)20-8-6-5-7-9-20)18-11-13-22(35-2)24(14-18)37-4/h5-16H,17H2,1-4H3,(H,29,33)/b28-16+. The number of methoxy groups -OCH3 is 4. The Hall–Kier alpha value is -4.51. The number of thioether (sulfide) groups is 1. The van der Waals surface area contributed by atoms with Gasteiger partial charge in [0.1, 0.15) is 11.5 Å². The second-order valence-corrected chi connectivity index (χ2v) is 8.68. The maximum atomic E-state index is 12.6. The summed E-state index contributed by atoms with van der Waals surface area (Å²) in [5.74, 6) is 2.81. The molecule has 0 aliphatic carbocycles. The Morgan fingerprint density at radius 1 is 0.895 bits per heavy atom. The highest BCUT2D eigenvalue weighted by molar-refractivity contribution is 7.99. The number of nitrogens with one attached hydrogen (secondary N) is 1. The quantitative estimate of drug-likeness (QED) is 0.174. The second-order valence-electron chi connectivity index (χ2n) is 7.74. The molecule has 0 aliphatic rings. The number of hydrogen-bond acceptors (Lipinski definition) is 9. The predicted molar refractivity (Wildman–Crippen MR) is 146 cm³/mol. The van der Waals surface area contributed by atoms with Crippen LogP contribution in [0.1, 0.15) is 5.56 Å². The molecule has 1 heterocycles. The van der Waals surface area contributed by atoms with Crippen molar-refractivity contribution in [2.24, 2.45) is 5.10 Å². The maximum absolute atomic E-state index is 12.6. The SMILES string of the molecule is COc1ccc(/C=N/NC(=O)CSc2nnc(-c3ccc(OC)c(OC)c3)n2-c2ccccc2)c(OC)c1. The molecule has 0 unspecified atom stereocenters. The van der Waals surface area contributed by atoms with Gasteiger partial charge in [-0.1, -0.05) is 30.0 Å². The number of para-hydroxylation sites is 1. The van der Waals surface area contributed by atoms with Crippen LogP contribution in [0.3, 0.4) is 0 Å². The lowest BCUT2D eigenvalue weighted by atomic mass is 10.2. The van der Waals surface area contributed by atoms with E-state index in [1.54, 1.807) is 46.6 Å². The Morgan fingerprint density at radius 3 is 2.37 bits per heavy atom. The van der Waals surface area contributed by atoms with Gasteiger partial charge in [-0.05, 0) is 42.5 Å². The molecule has 0 radical (unpaired) electrons. The molecular formula is C27H27N5O5S. The van der Waals surface area contributed by atoms with Gasteiger partial charge in [0.05, 0.1) is 40.4 Å². The van der Waals surface area contributed by atoms with E-state index in [0.717, 1.165) is 11.3 Å². The molecule has 1 N–H and O–H groups in total. The zero-order valence-electron chi connectivity index (χ0n) is 21.4. The third-order valence-corrected chi connectivity index (χ3v) is 6.38. The number of benzene rings is 3. The molecule has 10 nitrogen and oxygen atoms in total. The zero-order valence-corrected chi connectivity index (χ0v) is 22.2. The van der Waals surface area contributed by atoms with Crippen molar-refractivity contribution in [3.63, 3.8) is 0 Å². The van der Waals surface area contributed by atoms with Crippen molar-refractivity contribution < 1.29 is 23.7 Å². The van der Waals surface area contributed by atoms with E-state index in [9.17, 15) is 4.79 Å². The number of hydrazone groups is 1. The van der Waals surface area contributed by atoms with E-state index in [1.165, 1.54) is 18.0 Å². The van der Waals surface area contributed by atoms with Gasteiger partial charge in [-0.3, -0.25) is 9.36 Å². The van der Waals surface area contributed by atoms with Crippen LogP contribution in [0.5, 0.6) is 23.0 Å². The number of aromatic nitrogens is 3. The fourth-order valence-corrected chi connectivity index (χ4v) is 4.34. The summed E-state index contributed by atoms with van der Waals surface area (Å²) >= 11 is 1.25. The molecule has 38 heavy (non-hydrogen) atoms. The molecule has 0 bridgehead atoms. The van der Waals surface area contributed by atoms with Crippen molar-refractivity contribution in [1.82, 2.24) is 20.2 Å². The van der Waals surface area contributed by atoms with Crippen LogP contribution in [0.15, 0.2) is 77.0 Å². The van der Waals surface area contributed by atoms with Crippen LogP contribution in [-0.2, 0) is 4.79 Å². The van der Waals surface area contributed by atoms with Crippen LogP contribution in [0.25, 0.3) is 17.1 Å². The summed E-state index contributed by atoms with van der Waals surface area (Å²) in [6.45, 7) is 0.